The van der Waals surface area contributed by atoms with Crippen LogP contribution in [0.25, 0.3) is 131 Å². The van der Waals surface area contributed by atoms with Gasteiger partial charge in [-0.15, -0.1) is 0 Å². The van der Waals surface area contributed by atoms with Gasteiger partial charge in [0.25, 0.3) is 0 Å². The average molecular weight is 1870 g/mol. The molecule has 24 aromatic rings. The van der Waals surface area contributed by atoms with E-state index in [2.05, 4.69) is 545 Å². The molecular formula is C135H99N7O3. The fraction of sp³-hybridized carbons (Fsp3) is 0.0222. The monoisotopic (exact) mass is 1870 g/mol. The predicted octanol–water partition coefficient (Wildman–Crippen LogP) is 36.2. The number of anilines is 18. The third-order valence-corrected chi connectivity index (χ3v) is 28.0. The van der Waals surface area contributed by atoms with Gasteiger partial charge in [0, 0.05) is 101 Å². The van der Waals surface area contributed by atoms with Gasteiger partial charge >= 0.3 is 0 Å². The minimum atomic E-state index is -0.0712. The Balaban J connectivity index is 0.505. The zero-order chi connectivity index (χ0) is 97.1. The first-order valence-corrected chi connectivity index (χ1v) is 49.2. The molecule has 10 heteroatoms. The summed E-state index contributed by atoms with van der Waals surface area (Å²) in [6.07, 6.45) is 0. The molecule has 692 valence electrons. The van der Waals surface area contributed by atoms with Gasteiger partial charge in [-0.1, -0.05) is 328 Å². The Bertz CT molecular complexity index is 8030. The molecule has 24 aromatic carbocycles. The predicted molar refractivity (Wildman–Crippen MR) is 610 cm³/mol. The van der Waals surface area contributed by atoms with E-state index >= 15 is 0 Å². The molecule has 10 nitrogen and oxygen atoms in total. The first kappa shape index (κ1) is 89.0. The highest BCUT2D eigenvalue weighted by atomic mass is 16.3. The zero-order valence-corrected chi connectivity index (χ0v) is 79.5. The lowest BCUT2D eigenvalue weighted by Crippen LogP contribution is -2.12. The quantitative estimate of drug-likeness (QED) is 0.0298. The van der Waals surface area contributed by atoms with E-state index in [-0.39, 0.29) is 19.8 Å². The molecule has 0 heterocycles. The minimum Gasteiger partial charge on any atom is -0.392 e. The van der Waals surface area contributed by atoms with Gasteiger partial charge in [-0.2, -0.15) is 0 Å². The lowest BCUT2D eigenvalue weighted by Gasteiger charge is -2.30. The molecule has 0 aliphatic heterocycles. The molecule has 0 radical (unpaired) electrons. The van der Waals surface area contributed by atoms with Crippen LogP contribution in [0.4, 0.5) is 102 Å². The molecule has 24 rings (SSSR count). The second-order valence-electron chi connectivity index (χ2n) is 36.8. The van der Waals surface area contributed by atoms with Crippen LogP contribution in [0.5, 0.6) is 0 Å². The third-order valence-electron chi connectivity index (χ3n) is 28.0. The molecule has 0 spiro atoms. The standard InChI is InChI=1S/C135H99N7O3/c143-88-91-43-82-133(127(85-91)124-37-13-25-100-19-1-7-31-118(100)124)140(130-40-16-28-103-22-4-10-34-121(103)130)115-70-52-97(53-71-115)94-46-58-106(59-47-94)136-109-64-76-112(77-65-109)139(113-78-66-110(67-79-113)137-107-60-48-95(49-61-107)98-54-72-116(73-55-98)141(131-41-17-29-104-23-5-11-35-122(104)131)134-83-44-92(89-144)86-128(134)125-38-14-26-101-20-2-8-32-119(101)125)114-80-68-111(69-81-114)138-108-62-50-96(51-63-108)99-56-74-117(75-57-99)142(132-42-18-30-105-24-6-12-36-123(105)132)135-84-45-93(90-145)87-129(135)126-39-15-27-102-21-3-9-33-120(102)126/h1-87,136-138,143-145H,88-90H2. The van der Waals surface area contributed by atoms with Crippen molar-refractivity contribution in [3.8, 4) is 66.8 Å². The van der Waals surface area contributed by atoms with Gasteiger partial charge in [0.15, 0.2) is 0 Å². The number of hydrogen-bond acceptors (Lipinski definition) is 10. The molecule has 0 atom stereocenters. The second kappa shape index (κ2) is 39.5. The second-order valence-corrected chi connectivity index (χ2v) is 36.8. The molecule has 0 unspecified atom stereocenters. The Hall–Kier alpha value is -18.7. The SMILES string of the molecule is OCc1ccc(N(c2ccc(-c3ccc(Nc4ccc(N(c5ccc(Nc6ccc(-c7ccc(N(c8ccc(CO)cc8-c8cccc9ccccc89)c8cccc9ccccc89)cc7)cc6)cc5)c5ccc(Nc6ccc(-c7ccc(N(c8ccc(CO)cc8-c8cccc9ccccc89)c8cccc9ccccc89)cc7)cc6)cc5)cc4)cc3)cc2)c2cccc3ccccc23)c(-c2cccc3ccccc23)c1. The van der Waals surface area contributed by atoms with Gasteiger partial charge in [0.05, 0.1) is 53.9 Å². The number of benzene rings is 24. The summed E-state index contributed by atoms with van der Waals surface area (Å²) in [7, 11) is 0. The number of fused-ring (bicyclic) bond motifs is 6. The van der Waals surface area contributed by atoms with E-state index in [9.17, 15) is 15.3 Å². The van der Waals surface area contributed by atoms with Crippen molar-refractivity contribution >= 4 is 167 Å². The summed E-state index contributed by atoms with van der Waals surface area (Å²) in [4.78, 5) is 9.40. The summed E-state index contributed by atoms with van der Waals surface area (Å²) >= 11 is 0. The zero-order valence-electron chi connectivity index (χ0n) is 79.5. The van der Waals surface area contributed by atoms with E-state index in [1.165, 1.54) is 0 Å². The molecule has 0 aliphatic carbocycles. The highest BCUT2D eigenvalue weighted by molar-refractivity contribution is 6.10. The Morgan fingerprint density at radius 2 is 0.331 bits per heavy atom. The van der Waals surface area contributed by atoms with Crippen LogP contribution >= 0.6 is 0 Å². The van der Waals surface area contributed by atoms with Gasteiger partial charge in [-0.25, -0.2) is 0 Å². The van der Waals surface area contributed by atoms with Crippen LogP contribution in [0.3, 0.4) is 0 Å². The fourth-order valence-electron chi connectivity index (χ4n) is 20.8. The summed E-state index contributed by atoms with van der Waals surface area (Å²) < 4.78 is 0. The van der Waals surface area contributed by atoms with E-state index in [1.54, 1.807) is 0 Å². The highest BCUT2D eigenvalue weighted by Gasteiger charge is 2.27. The fourth-order valence-corrected chi connectivity index (χ4v) is 20.8. The molecule has 0 aromatic heterocycles. The normalized spacial score (nSPS) is 11.4. The van der Waals surface area contributed by atoms with Crippen LogP contribution in [0.15, 0.2) is 528 Å². The number of nitrogens with zero attached hydrogens (tertiary/aromatic N) is 4. The summed E-state index contributed by atoms with van der Waals surface area (Å²) in [5.74, 6) is 0. The van der Waals surface area contributed by atoms with Gasteiger partial charge in [-0.05, 0) is 315 Å². The number of rotatable bonds is 27. The minimum absolute atomic E-state index is 0.0712. The van der Waals surface area contributed by atoms with Gasteiger partial charge in [0.2, 0.25) is 0 Å². The van der Waals surface area contributed by atoms with Gasteiger partial charge < -0.3 is 50.9 Å². The van der Waals surface area contributed by atoms with Crippen molar-refractivity contribution < 1.29 is 15.3 Å². The van der Waals surface area contributed by atoms with Crippen molar-refractivity contribution in [2.45, 2.75) is 19.8 Å². The molecule has 0 bridgehead atoms. The van der Waals surface area contributed by atoms with E-state index in [0.717, 1.165) is 250 Å². The maximum Gasteiger partial charge on any atom is 0.0682 e. The van der Waals surface area contributed by atoms with Crippen molar-refractivity contribution in [1.29, 1.82) is 0 Å². The van der Waals surface area contributed by atoms with Crippen molar-refractivity contribution in [3.05, 3.63) is 544 Å². The van der Waals surface area contributed by atoms with Crippen LogP contribution in [0.1, 0.15) is 16.7 Å². The number of hydrogen-bond donors (Lipinski definition) is 6. The Morgan fingerprint density at radius 1 is 0.145 bits per heavy atom. The van der Waals surface area contributed by atoms with Crippen molar-refractivity contribution in [2.75, 3.05) is 35.6 Å². The van der Waals surface area contributed by atoms with Crippen LogP contribution in [-0.2, 0) is 19.8 Å². The first-order valence-electron chi connectivity index (χ1n) is 49.2. The van der Waals surface area contributed by atoms with Crippen molar-refractivity contribution in [3.63, 3.8) is 0 Å². The molecule has 145 heavy (non-hydrogen) atoms. The van der Waals surface area contributed by atoms with Crippen LogP contribution in [-0.4, -0.2) is 15.3 Å². The molecule has 6 N–H and O–H groups in total. The molecule has 0 fully saturated rings. The Morgan fingerprint density at radius 3 is 0.572 bits per heavy atom. The van der Waals surface area contributed by atoms with E-state index in [0.29, 0.717) is 0 Å². The molecule has 0 saturated carbocycles. The summed E-state index contributed by atoms with van der Waals surface area (Å²) in [6.45, 7) is -0.214. The number of nitrogens with one attached hydrogen (secondary N) is 3. The third kappa shape index (κ3) is 17.9. The molecule has 0 saturated heterocycles. The summed E-state index contributed by atoms with van der Waals surface area (Å²) in [5.41, 5.74) is 33.4. The smallest absolute Gasteiger partial charge is 0.0682 e. The van der Waals surface area contributed by atoms with E-state index < -0.39 is 0 Å². The lowest BCUT2D eigenvalue weighted by atomic mass is 9.94. The highest BCUT2D eigenvalue weighted by Crippen LogP contribution is 2.52. The lowest BCUT2D eigenvalue weighted by molar-refractivity contribution is 0.281. The summed E-state index contributed by atoms with van der Waals surface area (Å²) in [6, 6.07) is 188. The van der Waals surface area contributed by atoms with Crippen LogP contribution in [0.2, 0.25) is 0 Å². The summed E-state index contributed by atoms with van der Waals surface area (Å²) in [5, 5.41) is 56.8. The number of aliphatic hydroxyl groups is 3. The molecule has 0 aliphatic rings. The molecule has 0 amide bonds. The Labute approximate surface area is 843 Å². The molecular weight excluding hydrogens is 1770 g/mol. The van der Waals surface area contributed by atoms with Gasteiger partial charge in [-0.3, -0.25) is 0 Å². The van der Waals surface area contributed by atoms with Crippen LogP contribution < -0.4 is 35.6 Å². The number of aliphatic hydroxyl groups excluding tert-OH is 3. The largest absolute Gasteiger partial charge is 0.392 e. The van der Waals surface area contributed by atoms with Crippen LogP contribution in [0, 0.1) is 0 Å². The topological polar surface area (TPSA) is 110 Å². The van der Waals surface area contributed by atoms with Crippen molar-refractivity contribution in [1.82, 2.24) is 0 Å². The Kier molecular flexibility index (Phi) is 24.3. The maximum absolute atomic E-state index is 10.6. The van der Waals surface area contributed by atoms with Gasteiger partial charge in [0.1, 0.15) is 0 Å². The first-order chi connectivity index (χ1) is 71.7. The van der Waals surface area contributed by atoms with E-state index in [1.807, 2.05) is 18.2 Å². The maximum atomic E-state index is 10.6. The average Bonchev–Trinajstić information content (AvgIpc) is 0.758. The van der Waals surface area contributed by atoms with E-state index in [4.69, 9.17) is 0 Å². The van der Waals surface area contributed by atoms with Crippen molar-refractivity contribution in [2.24, 2.45) is 0 Å².